The standard InChI is InChI=1S/C36H60/c1-9-33(7)23-17-19-27-32-28(20-18-24(30(23)32)34(33,8)10-2)36(12-4)26-16-14-22(6)29-21(5)13-15-25(31(26)29)35(27,36)11-3/h21-32H,9-20H2,1-8H3. The lowest BCUT2D eigenvalue weighted by molar-refractivity contribution is -0.0684. The summed E-state index contributed by atoms with van der Waals surface area (Å²) in [5.74, 6) is 12.5. The molecule has 0 heterocycles. The normalized spacial score (nSPS) is 64.7. The van der Waals surface area contributed by atoms with Crippen molar-refractivity contribution in [3.8, 4) is 0 Å². The minimum absolute atomic E-state index is 0.571. The second kappa shape index (κ2) is 7.80. The molecule has 0 aromatic carbocycles. The Morgan fingerprint density at radius 1 is 0.417 bits per heavy atom. The zero-order valence-corrected chi connectivity index (χ0v) is 25.4. The molecule has 7 aliphatic carbocycles. The van der Waals surface area contributed by atoms with E-state index in [1.54, 1.807) is 51.4 Å². The van der Waals surface area contributed by atoms with Gasteiger partial charge in [-0.05, 0) is 157 Å². The van der Waals surface area contributed by atoms with Crippen LogP contribution in [0.3, 0.4) is 0 Å². The highest BCUT2D eigenvalue weighted by molar-refractivity contribution is 5.29. The second-order valence-corrected chi connectivity index (χ2v) is 16.5. The minimum Gasteiger partial charge on any atom is -0.0648 e. The van der Waals surface area contributed by atoms with Crippen LogP contribution in [-0.2, 0) is 0 Å². The highest BCUT2D eigenvalue weighted by Crippen LogP contribution is 2.87. The first-order valence-electron chi connectivity index (χ1n) is 17.2. The van der Waals surface area contributed by atoms with Crippen molar-refractivity contribution in [2.24, 2.45) is 92.7 Å². The molecule has 7 aliphatic rings. The van der Waals surface area contributed by atoms with Gasteiger partial charge in [-0.1, -0.05) is 68.2 Å². The minimum atomic E-state index is 0.571. The summed E-state index contributed by atoms with van der Waals surface area (Å²) < 4.78 is 0. The molecule has 7 fully saturated rings. The van der Waals surface area contributed by atoms with E-state index in [0.717, 1.165) is 71.0 Å². The molecule has 12 unspecified atom stereocenters. The summed E-state index contributed by atoms with van der Waals surface area (Å²) in [5, 5.41) is 0. The molecule has 0 aliphatic heterocycles. The zero-order valence-electron chi connectivity index (χ0n) is 25.4. The first kappa shape index (κ1) is 25.0. The van der Waals surface area contributed by atoms with E-state index in [-0.39, 0.29) is 0 Å². The first-order chi connectivity index (χ1) is 17.2. The Morgan fingerprint density at radius 2 is 0.722 bits per heavy atom. The van der Waals surface area contributed by atoms with E-state index in [4.69, 9.17) is 0 Å². The van der Waals surface area contributed by atoms with Crippen molar-refractivity contribution >= 4 is 0 Å². The maximum Gasteiger partial charge on any atom is -0.0176 e. The molecule has 0 heteroatoms. The van der Waals surface area contributed by atoms with Crippen molar-refractivity contribution in [1.29, 1.82) is 0 Å². The highest BCUT2D eigenvalue weighted by atomic mass is 14.9. The largest absolute Gasteiger partial charge is 0.0648 e. The molecule has 7 rings (SSSR count). The monoisotopic (exact) mass is 492 g/mol. The molecule has 7 saturated carbocycles. The van der Waals surface area contributed by atoms with Gasteiger partial charge >= 0.3 is 0 Å². The molecule has 0 aromatic heterocycles. The van der Waals surface area contributed by atoms with Crippen molar-refractivity contribution in [3.05, 3.63) is 0 Å². The lowest BCUT2D eigenvalue weighted by Crippen LogP contribution is -2.49. The van der Waals surface area contributed by atoms with Crippen LogP contribution in [0.5, 0.6) is 0 Å². The number of hydrogen-bond donors (Lipinski definition) is 0. The molecule has 0 aromatic rings. The van der Waals surface area contributed by atoms with Crippen LogP contribution in [0.15, 0.2) is 0 Å². The van der Waals surface area contributed by atoms with E-state index in [1.165, 1.54) is 25.7 Å². The third kappa shape index (κ3) is 2.33. The van der Waals surface area contributed by atoms with Gasteiger partial charge in [0.15, 0.2) is 0 Å². The van der Waals surface area contributed by atoms with Crippen molar-refractivity contribution in [3.63, 3.8) is 0 Å². The van der Waals surface area contributed by atoms with E-state index >= 15 is 0 Å². The summed E-state index contributed by atoms with van der Waals surface area (Å²) >= 11 is 0. The van der Waals surface area contributed by atoms with Crippen LogP contribution in [0.1, 0.15) is 132 Å². The third-order valence-corrected chi connectivity index (χ3v) is 17.5. The lowest BCUT2D eigenvalue weighted by atomic mass is 9.50. The SMILES string of the molecule is CCC1(C)C2CCC3C4C2C(CCC4C2(CC)C4CCC(C)C5C(C)CCC(C54)C32CC)C1(C)CC. The Kier molecular flexibility index (Phi) is 5.42. The molecular formula is C36H60. The summed E-state index contributed by atoms with van der Waals surface area (Å²) in [6, 6.07) is 0. The third-order valence-electron chi connectivity index (χ3n) is 17.5. The van der Waals surface area contributed by atoms with Crippen molar-refractivity contribution in [2.45, 2.75) is 132 Å². The number of fused-ring (bicyclic) bond motifs is 5. The summed E-state index contributed by atoms with van der Waals surface area (Å²) in [6.45, 7) is 21.4. The maximum atomic E-state index is 2.78. The second-order valence-electron chi connectivity index (χ2n) is 16.5. The first-order valence-corrected chi connectivity index (χ1v) is 17.2. The van der Waals surface area contributed by atoms with Gasteiger partial charge in [0, 0.05) is 0 Å². The van der Waals surface area contributed by atoms with Gasteiger partial charge in [0.1, 0.15) is 0 Å². The van der Waals surface area contributed by atoms with Crippen molar-refractivity contribution < 1.29 is 0 Å². The Hall–Kier alpha value is 0. The van der Waals surface area contributed by atoms with Crippen LogP contribution in [0.25, 0.3) is 0 Å². The van der Waals surface area contributed by atoms with Crippen LogP contribution in [0, 0.1) is 92.7 Å². The van der Waals surface area contributed by atoms with E-state index in [9.17, 15) is 0 Å². The molecule has 36 heavy (non-hydrogen) atoms. The summed E-state index contributed by atoms with van der Waals surface area (Å²) in [7, 11) is 0. The summed E-state index contributed by atoms with van der Waals surface area (Å²) in [6.07, 6.45) is 18.5. The number of rotatable bonds is 4. The molecule has 0 bridgehead atoms. The molecule has 0 amide bonds. The van der Waals surface area contributed by atoms with E-state index in [2.05, 4.69) is 55.4 Å². The Labute approximate surface area is 224 Å². The van der Waals surface area contributed by atoms with Crippen LogP contribution < -0.4 is 0 Å². The average molecular weight is 493 g/mol. The Balaban J connectivity index is 1.41. The molecule has 0 saturated heterocycles. The van der Waals surface area contributed by atoms with Crippen LogP contribution >= 0.6 is 0 Å². The molecule has 0 spiro atoms. The van der Waals surface area contributed by atoms with Crippen LogP contribution in [0.2, 0.25) is 0 Å². The van der Waals surface area contributed by atoms with Crippen molar-refractivity contribution in [1.82, 2.24) is 0 Å². The zero-order chi connectivity index (χ0) is 25.4. The fourth-order valence-electron chi connectivity index (χ4n) is 16.6. The molecule has 0 N–H and O–H groups in total. The van der Waals surface area contributed by atoms with Gasteiger partial charge in [-0.3, -0.25) is 0 Å². The molecule has 12 atom stereocenters. The summed E-state index contributed by atoms with van der Waals surface area (Å²) in [4.78, 5) is 0. The van der Waals surface area contributed by atoms with Gasteiger partial charge in [-0.2, -0.15) is 0 Å². The predicted octanol–water partition coefficient (Wildman–Crippen LogP) is 10.3. The molecule has 0 radical (unpaired) electrons. The maximum absolute atomic E-state index is 2.78. The number of hydrogen-bond acceptors (Lipinski definition) is 0. The Morgan fingerprint density at radius 3 is 1.08 bits per heavy atom. The van der Waals surface area contributed by atoms with Crippen LogP contribution in [-0.4, -0.2) is 0 Å². The van der Waals surface area contributed by atoms with Crippen LogP contribution in [0.4, 0.5) is 0 Å². The van der Waals surface area contributed by atoms with Gasteiger partial charge in [0.25, 0.3) is 0 Å². The smallest absolute Gasteiger partial charge is 0.0176 e. The fourth-order valence-corrected chi connectivity index (χ4v) is 16.6. The Bertz CT molecular complexity index is 820. The van der Waals surface area contributed by atoms with Gasteiger partial charge < -0.3 is 0 Å². The van der Waals surface area contributed by atoms with E-state index in [1.807, 2.05) is 0 Å². The molecular weight excluding hydrogens is 432 g/mol. The average Bonchev–Trinajstić information content (AvgIpc) is 3.38. The quantitative estimate of drug-likeness (QED) is 0.366. The van der Waals surface area contributed by atoms with Gasteiger partial charge in [0.2, 0.25) is 0 Å². The van der Waals surface area contributed by atoms with E-state index in [0.29, 0.717) is 21.7 Å². The van der Waals surface area contributed by atoms with E-state index < -0.39 is 0 Å². The highest BCUT2D eigenvalue weighted by Gasteiger charge is 2.82. The van der Waals surface area contributed by atoms with Gasteiger partial charge in [-0.15, -0.1) is 0 Å². The van der Waals surface area contributed by atoms with Gasteiger partial charge in [0.05, 0.1) is 0 Å². The van der Waals surface area contributed by atoms with Gasteiger partial charge in [-0.25, -0.2) is 0 Å². The molecule has 204 valence electrons. The topological polar surface area (TPSA) is 0 Å². The predicted molar refractivity (Wildman–Crippen MR) is 152 cm³/mol. The molecule has 0 nitrogen and oxygen atoms in total. The summed E-state index contributed by atoms with van der Waals surface area (Å²) in [5.41, 5.74) is 2.51. The lowest BCUT2D eigenvalue weighted by Gasteiger charge is -2.55. The fraction of sp³-hybridized carbons (Fsp3) is 1.00. The van der Waals surface area contributed by atoms with Crippen molar-refractivity contribution in [2.75, 3.05) is 0 Å².